The summed E-state index contributed by atoms with van der Waals surface area (Å²) < 4.78 is 2.09. The predicted molar refractivity (Wildman–Crippen MR) is 100 cm³/mol. The molecule has 0 spiro atoms. The van der Waals surface area contributed by atoms with Gasteiger partial charge in [-0.1, -0.05) is 61.9 Å². The molecule has 0 bridgehead atoms. The molecule has 0 unspecified atom stereocenters. The van der Waals surface area contributed by atoms with Gasteiger partial charge in [0.2, 0.25) is 0 Å². The summed E-state index contributed by atoms with van der Waals surface area (Å²) in [4.78, 5) is 13.4. The highest BCUT2D eigenvalue weighted by Crippen LogP contribution is 2.22. The van der Waals surface area contributed by atoms with Crippen LogP contribution in [0.2, 0.25) is 0 Å². The number of fused-ring (bicyclic) bond motifs is 1. The van der Waals surface area contributed by atoms with Crippen LogP contribution in [0.25, 0.3) is 11.2 Å². The van der Waals surface area contributed by atoms with Crippen molar-refractivity contribution in [2.24, 2.45) is 0 Å². The van der Waals surface area contributed by atoms with Gasteiger partial charge >= 0.3 is 0 Å². The minimum Gasteiger partial charge on any atom is -0.382 e. The third-order valence-corrected chi connectivity index (χ3v) is 4.79. The number of aryl methyl sites for hydroxylation is 2. The minimum atomic E-state index is 0.469. The molecule has 126 valence electrons. The van der Waals surface area contributed by atoms with E-state index in [4.69, 9.17) is 5.73 Å². The standard InChI is InChI=1S/C18H23N5S/c1-2-3-7-11-23-13-20-15-16(19)21-18(22-17(15)23)24-12-10-14-8-5-4-6-9-14/h4-6,8-9,13H,2-3,7,10-12H2,1H3,(H2,19,21,22). The fourth-order valence-electron chi connectivity index (χ4n) is 2.61. The van der Waals surface area contributed by atoms with Gasteiger partial charge in [0.1, 0.15) is 5.52 Å². The van der Waals surface area contributed by atoms with Gasteiger partial charge in [0.05, 0.1) is 6.33 Å². The van der Waals surface area contributed by atoms with E-state index >= 15 is 0 Å². The molecule has 0 saturated heterocycles. The lowest BCUT2D eigenvalue weighted by Crippen LogP contribution is -2.02. The zero-order chi connectivity index (χ0) is 16.8. The van der Waals surface area contributed by atoms with E-state index in [0.717, 1.165) is 35.9 Å². The number of nitrogens with two attached hydrogens (primary N) is 1. The smallest absolute Gasteiger partial charge is 0.191 e. The molecular formula is C18H23N5S. The summed E-state index contributed by atoms with van der Waals surface area (Å²) in [6, 6.07) is 10.4. The normalized spacial score (nSPS) is 11.2. The molecular weight excluding hydrogens is 318 g/mol. The highest BCUT2D eigenvalue weighted by molar-refractivity contribution is 7.99. The molecule has 1 aromatic carbocycles. The molecule has 6 heteroatoms. The Bertz CT molecular complexity index is 785. The molecule has 0 fully saturated rings. The van der Waals surface area contributed by atoms with Gasteiger partial charge in [-0.05, 0) is 18.4 Å². The molecule has 0 atom stereocenters. The number of imidazole rings is 1. The Morgan fingerprint density at radius 2 is 1.96 bits per heavy atom. The maximum Gasteiger partial charge on any atom is 0.191 e. The van der Waals surface area contributed by atoms with E-state index in [1.807, 2.05) is 12.4 Å². The van der Waals surface area contributed by atoms with Crippen molar-refractivity contribution in [2.45, 2.75) is 44.3 Å². The number of benzene rings is 1. The van der Waals surface area contributed by atoms with E-state index in [9.17, 15) is 0 Å². The van der Waals surface area contributed by atoms with Crippen LogP contribution in [0.15, 0.2) is 41.8 Å². The van der Waals surface area contributed by atoms with Crippen LogP contribution in [-0.4, -0.2) is 25.3 Å². The summed E-state index contributed by atoms with van der Waals surface area (Å²) in [6.45, 7) is 3.13. The molecule has 0 aliphatic rings. The summed E-state index contributed by atoms with van der Waals surface area (Å²) in [6.07, 6.45) is 6.35. The second-order valence-corrected chi connectivity index (χ2v) is 6.85. The zero-order valence-corrected chi connectivity index (χ0v) is 14.8. The summed E-state index contributed by atoms with van der Waals surface area (Å²) >= 11 is 1.64. The number of anilines is 1. The number of nitrogens with zero attached hydrogens (tertiary/aromatic N) is 4. The molecule has 0 saturated carbocycles. The van der Waals surface area contributed by atoms with Crippen molar-refractivity contribution in [1.82, 2.24) is 19.5 Å². The zero-order valence-electron chi connectivity index (χ0n) is 14.0. The largest absolute Gasteiger partial charge is 0.382 e. The molecule has 2 aromatic heterocycles. The average Bonchev–Trinajstić information content (AvgIpc) is 3.00. The average molecular weight is 341 g/mol. The van der Waals surface area contributed by atoms with Crippen molar-refractivity contribution in [3.8, 4) is 0 Å². The van der Waals surface area contributed by atoms with E-state index in [0.29, 0.717) is 11.3 Å². The first-order valence-corrected chi connectivity index (χ1v) is 9.41. The number of nitrogen functional groups attached to an aromatic ring is 1. The van der Waals surface area contributed by atoms with Gasteiger partial charge in [0, 0.05) is 12.3 Å². The quantitative estimate of drug-likeness (QED) is 0.382. The van der Waals surface area contributed by atoms with E-state index < -0.39 is 0 Å². The van der Waals surface area contributed by atoms with Crippen LogP contribution in [0, 0.1) is 0 Å². The monoisotopic (exact) mass is 341 g/mol. The lowest BCUT2D eigenvalue weighted by molar-refractivity contribution is 0.609. The van der Waals surface area contributed by atoms with Gasteiger partial charge in [-0.25, -0.2) is 15.0 Å². The van der Waals surface area contributed by atoms with Gasteiger partial charge in [0.15, 0.2) is 16.6 Å². The first-order chi connectivity index (χ1) is 11.8. The highest BCUT2D eigenvalue weighted by Gasteiger charge is 2.11. The number of hydrogen-bond donors (Lipinski definition) is 1. The van der Waals surface area contributed by atoms with Crippen molar-refractivity contribution in [3.63, 3.8) is 0 Å². The maximum absolute atomic E-state index is 6.07. The second-order valence-electron chi connectivity index (χ2n) is 5.79. The van der Waals surface area contributed by atoms with Gasteiger partial charge in [-0.2, -0.15) is 0 Å². The Kier molecular flexibility index (Phi) is 5.69. The SMILES string of the molecule is CCCCCn1cnc2c(N)nc(SCCc3ccccc3)nc21. The summed E-state index contributed by atoms with van der Waals surface area (Å²) in [7, 11) is 0. The Hall–Kier alpha value is -2.08. The summed E-state index contributed by atoms with van der Waals surface area (Å²) in [5.74, 6) is 1.40. The molecule has 2 heterocycles. The Morgan fingerprint density at radius 3 is 2.75 bits per heavy atom. The first kappa shape index (κ1) is 16.8. The highest BCUT2D eigenvalue weighted by atomic mass is 32.2. The lowest BCUT2D eigenvalue weighted by Gasteiger charge is -2.06. The number of hydrogen-bond acceptors (Lipinski definition) is 5. The van der Waals surface area contributed by atoms with Crippen LogP contribution >= 0.6 is 11.8 Å². The van der Waals surface area contributed by atoms with Crippen LogP contribution in [0.5, 0.6) is 0 Å². The van der Waals surface area contributed by atoms with Gasteiger partial charge in [-0.15, -0.1) is 0 Å². The van der Waals surface area contributed by atoms with Crippen molar-refractivity contribution in [1.29, 1.82) is 0 Å². The van der Waals surface area contributed by atoms with Crippen LogP contribution in [0.1, 0.15) is 31.7 Å². The Balaban J connectivity index is 1.70. The molecule has 24 heavy (non-hydrogen) atoms. The summed E-state index contributed by atoms with van der Waals surface area (Å²) in [5.41, 5.74) is 8.95. The topological polar surface area (TPSA) is 69.6 Å². The molecule has 2 N–H and O–H groups in total. The van der Waals surface area contributed by atoms with Crippen LogP contribution in [0.4, 0.5) is 5.82 Å². The minimum absolute atomic E-state index is 0.469. The van der Waals surface area contributed by atoms with Crippen LogP contribution in [-0.2, 0) is 13.0 Å². The first-order valence-electron chi connectivity index (χ1n) is 8.43. The second kappa shape index (κ2) is 8.15. The molecule has 0 amide bonds. The fraction of sp³-hybridized carbons (Fsp3) is 0.389. The van der Waals surface area contributed by atoms with Crippen molar-refractivity contribution in [3.05, 3.63) is 42.2 Å². The number of aromatic nitrogens is 4. The Labute approximate surface area is 146 Å². The molecule has 5 nitrogen and oxygen atoms in total. The Morgan fingerprint density at radius 1 is 1.12 bits per heavy atom. The number of thioether (sulfide) groups is 1. The fourth-order valence-corrected chi connectivity index (χ4v) is 3.44. The van der Waals surface area contributed by atoms with Crippen LogP contribution < -0.4 is 5.73 Å². The molecule has 0 aliphatic carbocycles. The van der Waals surface area contributed by atoms with E-state index in [1.165, 1.54) is 18.4 Å². The van der Waals surface area contributed by atoms with E-state index in [-0.39, 0.29) is 0 Å². The number of unbranched alkanes of at least 4 members (excludes halogenated alkanes) is 2. The van der Waals surface area contributed by atoms with Gasteiger partial charge < -0.3 is 10.3 Å². The molecule has 0 aliphatic heterocycles. The van der Waals surface area contributed by atoms with Crippen molar-refractivity contribution < 1.29 is 0 Å². The van der Waals surface area contributed by atoms with Crippen molar-refractivity contribution >= 4 is 28.7 Å². The van der Waals surface area contributed by atoms with Crippen molar-refractivity contribution in [2.75, 3.05) is 11.5 Å². The van der Waals surface area contributed by atoms with Crippen LogP contribution in [0.3, 0.4) is 0 Å². The summed E-state index contributed by atoms with van der Waals surface area (Å²) in [5, 5.41) is 0.730. The predicted octanol–water partition coefficient (Wildman–Crippen LogP) is 3.93. The molecule has 3 rings (SSSR count). The third-order valence-electron chi connectivity index (χ3n) is 3.94. The van der Waals surface area contributed by atoms with Gasteiger partial charge in [-0.3, -0.25) is 0 Å². The molecule has 3 aromatic rings. The molecule has 0 radical (unpaired) electrons. The third kappa shape index (κ3) is 4.06. The number of rotatable bonds is 8. The van der Waals surface area contributed by atoms with Gasteiger partial charge in [0.25, 0.3) is 0 Å². The van der Waals surface area contributed by atoms with E-state index in [1.54, 1.807) is 11.8 Å². The maximum atomic E-state index is 6.07. The van der Waals surface area contributed by atoms with E-state index in [2.05, 4.69) is 50.7 Å². The lowest BCUT2D eigenvalue weighted by atomic mass is 10.2.